The van der Waals surface area contributed by atoms with Gasteiger partial charge in [0.1, 0.15) is 0 Å². The lowest BCUT2D eigenvalue weighted by molar-refractivity contribution is 0.0469. The minimum absolute atomic E-state index is 0.252. The summed E-state index contributed by atoms with van der Waals surface area (Å²) in [6.45, 7) is 6.39. The van der Waals surface area contributed by atoms with Gasteiger partial charge in [0.05, 0.1) is 0 Å². The van der Waals surface area contributed by atoms with Crippen molar-refractivity contribution in [2.45, 2.75) is 45.4 Å². The molecule has 0 spiro atoms. The van der Waals surface area contributed by atoms with E-state index in [9.17, 15) is 5.11 Å². The van der Waals surface area contributed by atoms with Crippen molar-refractivity contribution in [1.82, 2.24) is 4.90 Å². The number of aliphatic hydroxyl groups excluding tert-OH is 1. The van der Waals surface area contributed by atoms with Gasteiger partial charge in [-0.15, -0.1) is 0 Å². The quantitative estimate of drug-likeness (QED) is 0.774. The van der Waals surface area contributed by atoms with Crippen LogP contribution in [-0.4, -0.2) is 36.2 Å². The second kappa shape index (κ2) is 4.84. The van der Waals surface area contributed by atoms with Gasteiger partial charge >= 0.3 is 0 Å². The van der Waals surface area contributed by atoms with Crippen molar-refractivity contribution in [1.29, 1.82) is 0 Å². The molecular formula is C13H25NO. The second-order valence-electron chi connectivity index (χ2n) is 5.85. The molecule has 1 heterocycles. The molecule has 15 heavy (non-hydrogen) atoms. The molecule has 1 atom stereocenters. The first-order valence-corrected chi connectivity index (χ1v) is 6.57. The van der Waals surface area contributed by atoms with E-state index in [1.54, 1.807) is 0 Å². The summed E-state index contributed by atoms with van der Waals surface area (Å²) in [5.41, 5.74) is 0.252. The van der Waals surface area contributed by atoms with Crippen LogP contribution in [0.5, 0.6) is 0 Å². The third-order valence-corrected chi connectivity index (χ3v) is 4.32. The molecule has 0 aromatic rings. The molecule has 0 amide bonds. The molecule has 2 heteroatoms. The predicted molar refractivity (Wildman–Crippen MR) is 62.8 cm³/mol. The lowest BCUT2D eigenvalue weighted by Gasteiger charge is -2.38. The van der Waals surface area contributed by atoms with Gasteiger partial charge in [-0.2, -0.15) is 0 Å². The van der Waals surface area contributed by atoms with Gasteiger partial charge in [-0.3, -0.25) is 0 Å². The van der Waals surface area contributed by atoms with Crippen molar-refractivity contribution >= 4 is 0 Å². The maximum Gasteiger partial charge on any atom is 0.0499 e. The van der Waals surface area contributed by atoms with Crippen LogP contribution in [0.2, 0.25) is 0 Å². The van der Waals surface area contributed by atoms with Crippen LogP contribution >= 0.6 is 0 Å². The van der Waals surface area contributed by atoms with E-state index < -0.39 is 0 Å². The average Bonchev–Trinajstić information content (AvgIpc) is 2.65. The van der Waals surface area contributed by atoms with Crippen molar-refractivity contribution in [2.75, 3.05) is 26.2 Å². The maximum atomic E-state index is 9.64. The standard InChI is InChI=1S/C13H25NO/c1-12-5-8-14(9-12)10-13(11-15)6-3-2-4-7-13/h12,15H,2-11H2,1H3. The Hall–Kier alpha value is -0.0800. The first-order chi connectivity index (χ1) is 7.24. The molecule has 2 aliphatic rings. The molecule has 0 bridgehead atoms. The zero-order chi connectivity index (χ0) is 10.7. The van der Waals surface area contributed by atoms with E-state index in [1.165, 1.54) is 51.6 Å². The number of rotatable bonds is 3. The van der Waals surface area contributed by atoms with Gasteiger partial charge in [-0.1, -0.05) is 26.2 Å². The first-order valence-electron chi connectivity index (χ1n) is 6.57. The molecule has 2 fully saturated rings. The van der Waals surface area contributed by atoms with Gasteiger partial charge in [-0.25, -0.2) is 0 Å². The van der Waals surface area contributed by atoms with E-state index in [1.807, 2.05) is 0 Å². The van der Waals surface area contributed by atoms with Gasteiger partial charge in [0, 0.05) is 25.1 Å². The van der Waals surface area contributed by atoms with Gasteiger partial charge in [0.25, 0.3) is 0 Å². The van der Waals surface area contributed by atoms with E-state index >= 15 is 0 Å². The summed E-state index contributed by atoms with van der Waals surface area (Å²) in [7, 11) is 0. The first kappa shape index (κ1) is 11.4. The molecule has 0 radical (unpaired) electrons. The highest BCUT2D eigenvalue weighted by Crippen LogP contribution is 2.37. The smallest absolute Gasteiger partial charge is 0.0499 e. The molecule has 2 nitrogen and oxygen atoms in total. The molecule has 2 rings (SSSR count). The zero-order valence-electron chi connectivity index (χ0n) is 10.0. The molecule has 1 N–H and O–H groups in total. The molecule has 1 saturated carbocycles. The highest BCUT2D eigenvalue weighted by atomic mass is 16.3. The topological polar surface area (TPSA) is 23.5 Å². The molecule has 1 unspecified atom stereocenters. The summed E-state index contributed by atoms with van der Waals surface area (Å²) in [5, 5.41) is 9.64. The van der Waals surface area contributed by atoms with Gasteiger partial charge in [0.2, 0.25) is 0 Å². The van der Waals surface area contributed by atoms with Crippen LogP contribution in [0, 0.1) is 11.3 Å². The van der Waals surface area contributed by atoms with Crippen molar-refractivity contribution < 1.29 is 5.11 Å². The highest BCUT2D eigenvalue weighted by Gasteiger charge is 2.34. The van der Waals surface area contributed by atoms with Gasteiger partial charge in [0.15, 0.2) is 0 Å². The lowest BCUT2D eigenvalue weighted by Crippen LogP contribution is -2.40. The second-order valence-corrected chi connectivity index (χ2v) is 5.85. The summed E-state index contributed by atoms with van der Waals surface area (Å²) in [6.07, 6.45) is 7.86. The summed E-state index contributed by atoms with van der Waals surface area (Å²) >= 11 is 0. The van der Waals surface area contributed by atoms with E-state index in [4.69, 9.17) is 0 Å². The Labute approximate surface area is 93.7 Å². The third-order valence-electron chi connectivity index (χ3n) is 4.32. The van der Waals surface area contributed by atoms with Gasteiger partial charge < -0.3 is 10.0 Å². The number of nitrogens with zero attached hydrogens (tertiary/aromatic N) is 1. The number of hydrogen-bond acceptors (Lipinski definition) is 2. The summed E-state index contributed by atoms with van der Waals surface area (Å²) in [5.74, 6) is 0.865. The molecule has 1 saturated heterocycles. The van der Waals surface area contributed by atoms with E-state index in [2.05, 4.69) is 11.8 Å². The Balaban J connectivity index is 1.89. The van der Waals surface area contributed by atoms with Gasteiger partial charge in [-0.05, 0) is 31.7 Å². The Morgan fingerprint density at radius 3 is 2.53 bits per heavy atom. The minimum atomic E-state index is 0.252. The maximum absolute atomic E-state index is 9.64. The van der Waals surface area contributed by atoms with E-state index in [0.717, 1.165) is 12.5 Å². The fraction of sp³-hybridized carbons (Fsp3) is 1.00. The van der Waals surface area contributed by atoms with E-state index in [-0.39, 0.29) is 5.41 Å². The normalized spacial score (nSPS) is 32.0. The van der Waals surface area contributed by atoms with Crippen molar-refractivity contribution in [3.05, 3.63) is 0 Å². The van der Waals surface area contributed by atoms with Crippen LogP contribution in [0.4, 0.5) is 0 Å². The summed E-state index contributed by atoms with van der Waals surface area (Å²) in [6, 6.07) is 0. The zero-order valence-corrected chi connectivity index (χ0v) is 10.0. The Morgan fingerprint density at radius 1 is 1.27 bits per heavy atom. The Kier molecular flexibility index (Phi) is 3.68. The van der Waals surface area contributed by atoms with Crippen molar-refractivity contribution in [3.8, 4) is 0 Å². The Morgan fingerprint density at radius 2 is 2.00 bits per heavy atom. The van der Waals surface area contributed by atoms with Crippen molar-refractivity contribution in [2.24, 2.45) is 11.3 Å². The molecule has 1 aliphatic carbocycles. The third kappa shape index (κ3) is 2.73. The number of likely N-dealkylation sites (tertiary alicyclic amines) is 1. The van der Waals surface area contributed by atoms with E-state index in [0.29, 0.717) is 6.61 Å². The SMILES string of the molecule is CC1CCN(CC2(CO)CCCCC2)C1. The molecule has 88 valence electrons. The molecular weight excluding hydrogens is 186 g/mol. The monoisotopic (exact) mass is 211 g/mol. The highest BCUT2D eigenvalue weighted by molar-refractivity contribution is 4.87. The predicted octanol–water partition coefficient (Wildman–Crippen LogP) is 2.27. The number of hydrogen-bond donors (Lipinski definition) is 1. The van der Waals surface area contributed by atoms with Crippen LogP contribution in [0.1, 0.15) is 45.4 Å². The lowest BCUT2D eigenvalue weighted by atomic mass is 9.74. The molecule has 1 aliphatic heterocycles. The van der Waals surface area contributed by atoms with Crippen LogP contribution in [0.15, 0.2) is 0 Å². The summed E-state index contributed by atoms with van der Waals surface area (Å²) in [4.78, 5) is 2.58. The fourth-order valence-electron chi connectivity index (χ4n) is 3.31. The largest absolute Gasteiger partial charge is 0.396 e. The minimum Gasteiger partial charge on any atom is -0.396 e. The summed E-state index contributed by atoms with van der Waals surface area (Å²) < 4.78 is 0. The van der Waals surface area contributed by atoms with Crippen molar-refractivity contribution in [3.63, 3.8) is 0 Å². The molecule has 0 aromatic heterocycles. The van der Waals surface area contributed by atoms with Crippen LogP contribution < -0.4 is 0 Å². The average molecular weight is 211 g/mol. The molecule has 0 aromatic carbocycles. The fourth-order valence-corrected chi connectivity index (χ4v) is 3.31. The Bertz CT molecular complexity index is 199. The van der Waals surface area contributed by atoms with Crippen LogP contribution in [0.3, 0.4) is 0 Å². The van der Waals surface area contributed by atoms with Crippen LogP contribution in [-0.2, 0) is 0 Å². The van der Waals surface area contributed by atoms with Crippen LogP contribution in [0.25, 0.3) is 0 Å². The number of aliphatic hydroxyl groups is 1.